The van der Waals surface area contributed by atoms with Crippen LogP contribution in [0, 0.1) is 0 Å². The minimum atomic E-state index is -0.612. The molecule has 0 saturated carbocycles. The number of primary amides is 1. The Morgan fingerprint density at radius 3 is 2.71 bits per heavy atom. The van der Waals surface area contributed by atoms with Gasteiger partial charge in [0.1, 0.15) is 6.54 Å². The molecule has 110 valence electrons. The Bertz CT molecular complexity index is 684. The summed E-state index contributed by atoms with van der Waals surface area (Å²) in [6.45, 7) is -0.0535. The first kappa shape index (κ1) is 14.9. The van der Waals surface area contributed by atoms with Gasteiger partial charge >= 0.3 is 0 Å². The van der Waals surface area contributed by atoms with Crippen LogP contribution in [0.5, 0.6) is 0 Å². The van der Waals surface area contributed by atoms with Gasteiger partial charge in [-0.15, -0.1) is 10.2 Å². The van der Waals surface area contributed by atoms with E-state index in [1.54, 1.807) is 30.5 Å². The lowest BCUT2D eigenvalue weighted by molar-refractivity contribution is -0.116. The molecule has 0 aliphatic carbocycles. The number of anilines is 2. The predicted octanol–water partition coefficient (Wildman–Crippen LogP) is 0.320. The zero-order valence-corrected chi connectivity index (χ0v) is 12.1. The van der Waals surface area contributed by atoms with E-state index in [9.17, 15) is 9.59 Å². The van der Waals surface area contributed by atoms with E-state index in [0.29, 0.717) is 10.8 Å². The van der Waals surface area contributed by atoms with Gasteiger partial charge in [0.2, 0.25) is 11.9 Å². The third kappa shape index (κ3) is 3.31. The van der Waals surface area contributed by atoms with Crippen LogP contribution in [0.4, 0.5) is 11.6 Å². The first-order chi connectivity index (χ1) is 10.0. The van der Waals surface area contributed by atoms with Crippen molar-refractivity contribution in [3.05, 3.63) is 29.8 Å². The van der Waals surface area contributed by atoms with Gasteiger partial charge in [-0.1, -0.05) is 23.9 Å². The van der Waals surface area contributed by atoms with E-state index in [1.807, 2.05) is 0 Å². The predicted molar refractivity (Wildman–Crippen MR) is 79.8 cm³/mol. The van der Waals surface area contributed by atoms with Gasteiger partial charge in [0.25, 0.3) is 5.91 Å². The number of nitrogens with one attached hydrogen (secondary N) is 1. The molecule has 2 aromatic rings. The molecule has 8 nitrogen and oxygen atoms in total. The lowest BCUT2D eigenvalue weighted by Crippen LogP contribution is -2.22. The first-order valence-corrected chi connectivity index (χ1v) is 7.16. The monoisotopic (exact) mass is 306 g/mol. The molecular formula is C12H14N6O2S. The minimum absolute atomic E-state index is 0.0535. The fraction of sp³-hybridized carbons (Fsp3) is 0.167. The average Bonchev–Trinajstić information content (AvgIpc) is 2.80. The number of nitrogens with zero attached hydrogens (tertiary/aromatic N) is 3. The Kier molecular flexibility index (Phi) is 4.43. The molecule has 0 atom stereocenters. The standard InChI is InChI=1S/C12H14N6O2S/c1-21-12-17-16-11(14)18(12)6-9(19)15-8-5-3-2-4-7(8)10(13)20/h2-5H,6H2,1H3,(H2,13,20)(H2,14,16)(H,15,19). The molecule has 5 N–H and O–H groups in total. The molecule has 0 saturated heterocycles. The SMILES string of the molecule is CSc1nnc(N)n1CC(=O)Nc1ccccc1C(N)=O. The lowest BCUT2D eigenvalue weighted by Gasteiger charge is -2.10. The summed E-state index contributed by atoms with van der Waals surface area (Å²) in [7, 11) is 0. The number of benzene rings is 1. The largest absolute Gasteiger partial charge is 0.368 e. The van der Waals surface area contributed by atoms with Gasteiger partial charge in [-0.25, -0.2) is 0 Å². The maximum Gasteiger partial charge on any atom is 0.250 e. The van der Waals surface area contributed by atoms with E-state index in [0.717, 1.165) is 0 Å². The Labute approximate surface area is 124 Å². The van der Waals surface area contributed by atoms with Crippen LogP contribution in [-0.4, -0.2) is 32.8 Å². The summed E-state index contributed by atoms with van der Waals surface area (Å²) < 4.78 is 1.48. The molecule has 0 spiro atoms. The quantitative estimate of drug-likeness (QED) is 0.682. The van der Waals surface area contributed by atoms with Gasteiger partial charge < -0.3 is 16.8 Å². The van der Waals surface area contributed by atoms with Gasteiger partial charge in [0, 0.05) is 0 Å². The summed E-state index contributed by atoms with van der Waals surface area (Å²) >= 11 is 1.33. The van der Waals surface area contributed by atoms with Crippen molar-refractivity contribution in [2.45, 2.75) is 11.7 Å². The van der Waals surface area contributed by atoms with Crippen molar-refractivity contribution in [2.24, 2.45) is 5.73 Å². The highest BCUT2D eigenvalue weighted by Gasteiger charge is 2.14. The molecule has 0 unspecified atom stereocenters. The van der Waals surface area contributed by atoms with Crippen molar-refractivity contribution in [3.8, 4) is 0 Å². The van der Waals surface area contributed by atoms with Crippen LogP contribution < -0.4 is 16.8 Å². The van der Waals surface area contributed by atoms with E-state index >= 15 is 0 Å². The topological polar surface area (TPSA) is 129 Å². The number of nitrogen functional groups attached to an aromatic ring is 1. The summed E-state index contributed by atoms with van der Waals surface area (Å²) in [5, 5.41) is 10.7. The van der Waals surface area contributed by atoms with Crippen LogP contribution >= 0.6 is 11.8 Å². The average molecular weight is 306 g/mol. The van der Waals surface area contributed by atoms with E-state index in [-0.39, 0.29) is 24.0 Å². The second-order valence-corrected chi connectivity index (χ2v) is 4.86. The van der Waals surface area contributed by atoms with E-state index < -0.39 is 5.91 Å². The van der Waals surface area contributed by atoms with Crippen LogP contribution in [0.25, 0.3) is 0 Å². The van der Waals surface area contributed by atoms with Gasteiger partial charge in [0.15, 0.2) is 5.16 Å². The number of aromatic nitrogens is 3. The number of carbonyl (C=O) groups is 2. The van der Waals surface area contributed by atoms with Crippen LogP contribution in [0.15, 0.2) is 29.4 Å². The Hall–Kier alpha value is -2.55. The maximum atomic E-state index is 12.1. The second-order valence-electron chi connectivity index (χ2n) is 4.09. The maximum absolute atomic E-state index is 12.1. The minimum Gasteiger partial charge on any atom is -0.368 e. The van der Waals surface area contributed by atoms with E-state index in [4.69, 9.17) is 11.5 Å². The molecule has 9 heteroatoms. The Morgan fingerprint density at radius 2 is 2.05 bits per heavy atom. The summed E-state index contributed by atoms with van der Waals surface area (Å²) in [5.74, 6) is -0.817. The van der Waals surface area contributed by atoms with Crippen molar-refractivity contribution >= 4 is 35.2 Å². The van der Waals surface area contributed by atoms with Crippen molar-refractivity contribution in [3.63, 3.8) is 0 Å². The molecule has 0 fully saturated rings. The third-order valence-corrected chi connectivity index (χ3v) is 3.36. The molecule has 2 rings (SSSR count). The Balaban J connectivity index is 2.16. The van der Waals surface area contributed by atoms with Crippen molar-refractivity contribution in [2.75, 3.05) is 17.3 Å². The molecule has 1 heterocycles. The number of hydrogen-bond acceptors (Lipinski definition) is 6. The first-order valence-electron chi connectivity index (χ1n) is 5.94. The number of para-hydroxylation sites is 1. The molecule has 1 aromatic heterocycles. The molecule has 0 bridgehead atoms. The molecule has 0 aliphatic heterocycles. The van der Waals surface area contributed by atoms with Crippen molar-refractivity contribution in [1.29, 1.82) is 0 Å². The number of thioether (sulfide) groups is 1. The van der Waals surface area contributed by atoms with Crippen molar-refractivity contribution in [1.82, 2.24) is 14.8 Å². The van der Waals surface area contributed by atoms with E-state index in [2.05, 4.69) is 15.5 Å². The fourth-order valence-electron chi connectivity index (χ4n) is 1.74. The number of carbonyl (C=O) groups excluding carboxylic acids is 2. The van der Waals surface area contributed by atoms with Gasteiger partial charge in [-0.3, -0.25) is 14.2 Å². The fourth-order valence-corrected chi connectivity index (χ4v) is 2.24. The molecule has 2 amide bonds. The normalized spacial score (nSPS) is 10.3. The van der Waals surface area contributed by atoms with Gasteiger partial charge in [-0.2, -0.15) is 0 Å². The second kappa shape index (κ2) is 6.27. The van der Waals surface area contributed by atoms with E-state index in [1.165, 1.54) is 16.3 Å². The van der Waals surface area contributed by atoms with Crippen LogP contribution in [0.3, 0.4) is 0 Å². The summed E-state index contributed by atoms with van der Waals surface area (Å²) in [4.78, 5) is 23.4. The molecule has 0 radical (unpaired) electrons. The molecule has 21 heavy (non-hydrogen) atoms. The highest BCUT2D eigenvalue weighted by atomic mass is 32.2. The smallest absolute Gasteiger partial charge is 0.250 e. The Morgan fingerprint density at radius 1 is 1.33 bits per heavy atom. The summed E-state index contributed by atoms with van der Waals surface area (Å²) in [5.41, 5.74) is 11.5. The zero-order chi connectivity index (χ0) is 15.4. The summed E-state index contributed by atoms with van der Waals surface area (Å²) in [6, 6.07) is 6.50. The molecule has 1 aromatic carbocycles. The number of hydrogen-bond donors (Lipinski definition) is 3. The highest BCUT2D eigenvalue weighted by Crippen LogP contribution is 2.17. The zero-order valence-electron chi connectivity index (χ0n) is 11.2. The number of nitrogens with two attached hydrogens (primary N) is 2. The van der Waals surface area contributed by atoms with Crippen LogP contribution in [0.1, 0.15) is 10.4 Å². The number of rotatable bonds is 5. The van der Waals surface area contributed by atoms with Gasteiger partial charge in [-0.05, 0) is 18.4 Å². The third-order valence-electron chi connectivity index (χ3n) is 2.70. The van der Waals surface area contributed by atoms with Gasteiger partial charge in [0.05, 0.1) is 11.3 Å². The highest BCUT2D eigenvalue weighted by molar-refractivity contribution is 7.98. The number of amides is 2. The van der Waals surface area contributed by atoms with Crippen LogP contribution in [0.2, 0.25) is 0 Å². The molecular weight excluding hydrogens is 292 g/mol. The molecule has 0 aliphatic rings. The lowest BCUT2D eigenvalue weighted by atomic mass is 10.1. The van der Waals surface area contributed by atoms with Crippen molar-refractivity contribution < 1.29 is 9.59 Å². The van der Waals surface area contributed by atoms with Crippen LogP contribution in [-0.2, 0) is 11.3 Å². The summed E-state index contributed by atoms with van der Waals surface area (Å²) in [6.07, 6.45) is 1.81.